The third-order valence-corrected chi connectivity index (χ3v) is 4.27. The first kappa shape index (κ1) is 25.3. The monoisotopic (exact) mass is 453 g/mol. The molecule has 0 aromatic heterocycles. The van der Waals surface area contributed by atoms with Crippen LogP contribution >= 0.6 is 0 Å². The fourth-order valence-electron chi connectivity index (χ4n) is 2.73. The molecule has 2 aromatic rings. The van der Waals surface area contributed by atoms with Crippen molar-refractivity contribution in [1.82, 2.24) is 0 Å². The summed E-state index contributed by atoms with van der Waals surface area (Å²) >= 11 is 0. The van der Waals surface area contributed by atoms with Crippen molar-refractivity contribution in [3.8, 4) is 29.1 Å². The minimum Gasteiger partial charge on any atom is -0.497 e. The quantitative estimate of drug-likeness (QED) is 0.154. The number of nitriles is 1. The van der Waals surface area contributed by atoms with E-state index < -0.39 is 11.9 Å². The van der Waals surface area contributed by atoms with E-state index in [0.717, 1.165) is 5.75 Å². The van der Waals surface area contributed by atoms with Crippen LogP contribution in [0.3, 0.4) is 0 Å². The van der Waals surface area contributed by atoms with Gasteiger partial charge in [0.05, 0.1) is 26.9 Å². The fourth-order valence-corrected chi connectivity index (χ4v) is 2.73. The first-order valence-electron chi connectivity index (χ1n) is 10.5. The zero-order valence-corrected chi connectivity index (χ0v) is 19.0. The molecule has 0 amide bonds. The van der Waals surface area contributed by atoms with E-state index in [2.05, 4.69) is 0 Å². The molecule has 0 radical (unpaired) electrons. The van der Waals surface area contributed by atoms with Gasteiger partial charge in [-0.05, 0) is 68.3 Å². The summed E-state index contributed by atoms with van der Waals surface area (Å²) in [6.45, 7) is 4.32. The third kappa shape index (κ3) is 8.22. The van der Waals surface area contributed by atoms with E-state index in [9.17, 15) is 14.9 Å². The third-order valence-electron chi connectivity index (χ3n) is 4.27. The van der Waals surface area contributed by atoms with Crippen molar-refractivity contribution < 1.29 is 33.3 Å². The molecule has 0 heterocycles. The van der Waals surface area contributed by atoms with Crippen LogP contribution in [0.2, 0.25) is 0 Å². The first-order valence-corrected chi connectivity index (χ1v) is 10.5. The molecular formula is C25H27NO7. The zero-order valence-electron chi connectivity index (χ0n) is 19.0. The Balaban J connectivity index is 1.95. The van der Waals surface area contributed by atoms with Gasteiger partial charge in [-0.25, -0.2) is 4.79 Å². The highest BCUT2D eigenvalue weighted by molar-refractivity contribution is 5.98. The first-order chi connectivity index (χ1) is 16.0. The molecule has 0 aliphatic carbocycles. The number of rotatable bonds is 12. The van der Waals surface area contributed by atoms with Gasteiger partial charge in [0.1, 0.15) is 23.1 Å². The normalized spacial score (nSPS) is 10.7. The number of carbonyl (C=O) groups is 2. The highest BCUT2D eigenvalue weighted by Crippen LogP contribution is 2.30. The van der Waals surface area contributed by atoms with E-state index >= 15 is 0 Å². The Morgan fingerprint density at radius 1 is 0.970 bits per heavy atom. The average Bonchev–Trinajstić information content (AvgIpc) is 2.82. The van der Waals surface area contributed by atoms with Crippen molar-refractivity contribution in [2.45, 2.75) is 26.7 Å². The highest BCUT2D eigenvalue weighted by atomic mass is 16.6. The number of ether oxygens (including phenoxy) is 5. The lowest BCUT2D eigenvalue weighted by Gasteiger charge is -2.12. The average molecular weight is 453 g/mol. The maximum Gasteiger partial charge on any atom is 0.348 e. The van der Waals surface area contributed by atoms with Crippen LogP contribution in [0.4, 0.5) is 0 Å². The molecule has 0 unspecified atom stereocenters. The molecular weight excluding hydrogens is 426 g/mol. The van der Waals surface area contributed by atoms with Crippen LogP contribution in [-0.4, -0.2) is 38.9 Å². The van der Waals surface area contributed by atoms with Gasteiger partial charge in [0.15, 0.2) is 11.5 Å². The second-order valence-electron chi connectivity index (χ2n) is 6.63. The molecule has 0 aliphatic heterocycles. The summed E-state index contributed by atoms with van der Waals surface area (Å²) in [5, 5.41) is 9.19. The molecule has 0 saturated heterocycles. The minimum absolute atomic E-state index is 0.138. The van der Waals surface area contributed by atoms with E-state index in [4.69, 9.17) is 23.7 Å². The predicted molar refractivity (Wildman–Crippen MR) is 121 cm³/mol. The molecule has 2 rings (SSSR count). The molecule has 8 nitrogen and oxygen atoms in total. The lowest BCUT2D eigenvalue weighted by molar-refractivity contribution is -0.138. The molecule has 0 saturated carbocycles. The van der Waals surface area contributed by atoms with Crippen molar-refractivity contribution in [1.29, 1.82) is 5.26 Å². The van der Waals surface area contributed by atoms with Gasteiger partial charge in [0.2, 0.25) is 0 Å². The maximum atomic E-state index is 12.3. The van der Waals surface area contributed by atoms with Gasteiger partial charge in [0.25, 0.3) is 0 Å². The van der Waals surface area contributed by atoms with Crippen LogP contribution in [0.5, 0.6) is 23.0 Å². The van der Waals surface area contributed by atoms with Gasteiger partial charge in [-0.15, -0.1) is 0 Å². The Morgan fingerprint density at radius 3 is 2.33 bits per heavy atom. The van der Waals surface area contributed by atoms with Gasteiger partial charge >= 0.3 is 11.9 Å². The second kappa shape index (κ2) is 13.4. The van der Waals surface area contributed by atoms with E-state index in [1.165, 1.54) is 6.08 Å². The molecule has 8 heteroatoms. The Kier molecular flexibility index (Phi) is 10.3. The summed E-state index contributed by atoms with van der Waals surface area (Å²) in [6, 6.07) is 13.8. The summed E-state index contributed by atoms with van der Waals surface area (Å²) in [5.74, 6) is 0.875. The second-order valence-corrected chi connectivity index (χ2v) is 6.63. The van der Waals surface area contributed by atoms with Crippen LogP contribution in [-0.2, 0) is 14.3 Å². The zero-order chi connectivity index (χ0) is 24.1. The lowest BCUT2D eigenvalue weighted by atomic mass is 10.1. The van der Waals surface area contributed by atoms with Crippen molar-refractivity contribution in [3.63, 3.8) is 0 Å². The fraction of sp³-hybridized carbons (Fsp3) is 0.320. The number of carbonyl (C=O) groups excluding carboxylic acids is 2. The predicted octanol–water partition coefficient (Wildman–Crippen LogP) is 4.33. The van der Waals surface area contributed by atoms with E-state index in [1.807, 2.05) is 6.07 Å². The number of hydrogen-bond acceptors (Lipinski definition) is 8. The standard InChI is InChI=1S/C25H27NO7/c1-4-30-23-16-18(15-19(17-26)25(28)31-5-2)8-13-22(23)33-24(27)7-6-14-32-21-11-9-20(29-3)10-12-21/h8-13,15-16H,4-7,14H2,1-3H3/b19-15+. The summed E-state index contributed by atoms with van der Waals surface area (Å²) < 4.78 is 26.6. The van der Waals surface area contributed by atoms with E-state index in [-0.39, 0.29) is 24.4 Å². The van der Waals surface area contributed by atoms with Gasteiger partial charge in [-0.2, -0.15) is 5.26 Å². The Hall–Kier alpha value is -3.99. The van der Waals surface area contributed by atoms with Crippen molar-refractivity contribution in [2.24, 2.45) is 0 Å². The van der Waals surface area contributed by atoms with Gasteiger partial charge < -0.3 is 23.7 Å². The lowest BCUT2D eigenvalue weighted by Crippen LogP contribution is -2.11. The Labute approximate surface area is 193 Å². The van der Waals surface area contributed by atoms with Crippen molar-refractivity contribution in [2.75, 3.05) is 26.9 Å². The van der Waals surface area contributed by atoms with E-state index in [1.54, 1.807) is 63.4 Å². The molecule has 33 heavy (non-hydrogen) atoms. The van der Waals surface area contributed by atoms with Gasteiger partial charge in [-0.1, -0.05) is 6.07 Å². The van der Waals surface area contributed by atoms with Gasteiger partial charge in [-0.3, -0.25) is 4.79 Å². The largest absolute Gasteiger partial charge is 0.497 e. The van der Waals surface area contributed by atoms with Crippen LogP contribution in [0.15, 0.2) is 48.0 Å². The summed E-state index contributed by atoms with van der Waals surface area (Å²) in [4.78, 5) is 24.1. The molecule has 2 aromatic carbocycles. The van der Waals surface area contributed by atoms with Crippen molar-refractivity contribution in [3.05, 3.63) is 53.6 Å². The SMILES string of the molecule is CCOC(=O)/C(C#N)=C/c1ccc(OC(=O)CCCOc2ccc(OC)cc2)c(OCC)c1. The van der Waals surface area contributed by atoms with Crippen LogP contribution < -0.4 is 18.9 Å². The molecule has 174 valence electrons. The smallest absolute Gasteiger partial charge is 0.348 e. The maximum absolute atomic E-state index is 12.3. The highest BCUT2D eigenvalue weighted by Gasteiger charge is 2.14. The number of hydrogen-bond donors (Lipinski definition) is 0. The summed E-state index contributed by atoms with van der Waals surface area (Å²) in [7, 11) is 1.59. The van der Waals surface area contributed by atoms with Gasteiger partial charge in [0, 0.05) is 6.42 Å². The Bertz CT molecular complexity index is 1010. The molecule has 0 fully saturated rings. The van der Waals surface area contributed by atoms with Crippen LogP contribution in [0.25, 0.3) is 6.08 Å². The molecule has 0 aliphatic rings. The minimum atomic E-state index is -0.703. The number of methoxy groups -OCH3 is 1. The Morgan fingerprint density at radius 2 is 1.70 bits per heavy atom. The summed E-state index contributed by atoms with van der Waals surface area (Å²) in [6.07, 6.45) is 2.02. The molecule has 0 atom stereocenters. The number of nitrogens with zero attached hydrogens (tertiary/aromatic N) is 1. The van der Waals surface area contributed by atoms with Crippen molar-refractivity contribution >= 4 is 18.0 Å². The van der Waals surface area contributed by atoms with Crippen LogP contribution in [0, 0.1) is 11.3 Å². The van der Waals surface area contributed by atoms with E-state index in [0.29, 0.717) is 36.7 Å². The molecule has 0 N–H and O–H groups in total. The van der Waals surface area contributed by atoms with Crippen LogP contribution in [0.1, 0.15) is 32.3 Å². The summed E-state index contributed by atoms with van der Waals surface area (Å²) in [5.41, 5.74) is 0.400. The molecule has 0 bridgehead atoms. The number of benzene rings is 2. The topological polar surface area (TPSA) is 104 Å². The number of esters is 2. The molecule has 0 spiro atoms.